The van der Waals surface area contributed by atoms with E-state index in [2.05, 4.69) is 0 Å². The Hall–Kier alpha value is -3.41. The highest BCUT2D eigenvalue weighted by molar-refractivity contribution is 6.00. The van der Waals surface area contributed by atoms with Crippen molar-refractivity contribution in [2.24, 2.45) is 0 Å². The number of benzene rings is 2. The lowest BCUT2D eigenvalue weighted by Crippen LogP contribution is -2.50. The zero-order chi connectivity index (χ0) is 19.6. The van der Waals surface area contributed by atoms with E-state index in [9.17, 15) is 15.0 Å². The van der Waals surface area contributed by atoms with E-state index in [-0.39, 0.29) is 22.6 Å². The van der Waals surface area contributed by atoms with E-state index in [1.165, 1.54) is 24.7 Å². The third-order valence-electron chi connectivity index (χ3n) is 4.80. The van der Waals surface area contributed by atoms with Gasteiger partial charge in [0.1, 0.15) is 11.5 Å². The molecule has 28 heavy (non-hydrogen) atoms. The lowest BCUT2D eigenvalue weighted by molar-refractivity contribution is -0.154. The molecule has 2 N–H and O–H groups in total. The fraction of sp³-hybridized carbons (Fsp3) is 0.0870. The molecule has 0 saturated heterocycles. The molecule has 5 heteroatoms. The van der Waals surface area contributed by atoms with Crippen molar-refractivity contribution in [3.05, 3.63) is 120 Å². The van der Waals surface area contributed by atoms with Gasteiger partial charge in [-0.15, -0.1) is 0 Å². The highest BCUT2D eigenvalue weighted by Gasteiger charge is 2.55. The van der Waals surface area contributed by atoms with E-state index < -0.39 is 17.0 Å². The van der Waals surface area contributed by atoms with Gasteiger partial charge in [-0.25, -0.2) is 0 Å². The minimum absolute atomic E-state index is 0.00427. The van der Waals surface area contributed by atoms with E-state index >= 15 is 0 Å². The molecule has 0 aliphatic heterocycles. The molecule has 0 aliphatic rings. The Kier molecular flexibility index (Phi) is 4.47. The average molecular weight is 374 g/mol. The molecule has 4 aromatic rings. The van der Waals surface area contributed by atoms with Crippen LogP contribution in [0.15, 0.2) is 106 Å². The number of ketones is 1. The number of carbonyl (C=O) groups is 1. The molecule has 5 nitrogen and oxygen atoms in total. The third-order valence-corrected chi connectivity index (χ3v) is 4.80. The molecule has 4 rings (SSSR count). The smallest absolute Gasteiger partial charge is 0.220 e. The Labute approximate surface area is 161 Å². The molecule has 0 aliphatic carbocycles. The van der Waals surface area contributed by atoms with Crippen LogP contribution in [0.25, 0.3) is 0 Å². The topological polar surface area (TPSA) is 83.8 Å². The second-order valence-corrected chi connectivity index (χ2v) is 6.44. The molecule has 0 spiro atoms. The summed E-state index contributed by atoms with van der Waals surface area (Å²) in [7, 11) is 0. The van der Waals surface area contributed by atoms with Crippen LogP contribution in [-0.2, 0) is 16.0 Å². The highest BCUT2D eigenvalue weighted by Crippen LogP contribution is 2.41. The predicted octanol–water partition coefficient (Wildman–Crippen LogP) is 3.61. The van der Waals surface area contributed by atoms with E-state index in [4.69, 9.17) is 8.83 Å². The Balaban J connectivity index is 1.97. The van der Waals surface area contributed by atoms with Crippen LogP contribution in [-0.4, -0.2) is 16.0 Å². The number of furan rings is 2. The van der Waals surface area contributed by atoms with Crippen molar-refractivity contribution in [2.75, 3.05) is 0 Å². The number of aliphatic hydroxyl groups is 2. The van der Waals surface area contributed by atoms with Crippen molar-refractivity contribution in [2.45, 2.75) is 11.2 Å². The van der Waals surface area contributed by atoms with Crippen LogP contribution >= 0.6 is 0 Å². The summed E-state index contributed by atoms with van der Waals surface area (Å²) in [5.41, 5.74) is -3.92. The number of Topliss-reactive ketones (excluding diaryl/α,β-unsaturated/α-hetero) is 1. The first-order chi connectivity index (χ1) is 13.6. The highest BCUT2D eigenvalue weighted by atomic mass is 16.4. The fourth-order valence-electron chi connectivity index (χ4n) is 3.36. The first-order valence-corrected chi connectivity index (χ1v) is 8.76. The van der Waals surface area contributed by atoms with Crippen molar-refractivity contribution in [1.29, 1.82) is 0 Å². The Morgan fingerprint density at radius 3 is 1.32 bits per heavy atom. The first-order valence-electron chi connectivity index (χ1n) is 8.76. The van der Waals surface area contributed by atoms with E-state index in [1.807, 2.05) is 0 Å². The van der Waals surface area contributed by atoms with Crippen LogP contribution < -0.4 is 0 Å². The second-order valence-electron chi connectivity index (χ2n) is 6.44. The summed E-state index contributed by atoms with van der Waals surface area (Å²) in [4.78, 5) is 13.9. The average Bonchev–Trinajstić information content (AvgIpc) is 3.48. The van der Waals surface area contributed by atoms with Gasteiger partial charge in [0.25, 0.3) is 0 Å². The van der Waals surface area contributed by atoms with Gasteiger partial charge in [-0.2, -0.15) is 0 Å². The number of hydrogen-bond acceptors (Lipinski definition) is 5. The van der Waals surface area contributed by atoms with Gasteiger partial charge in [-0.1, -0.05) is 60.7 Å². The zero-order valence-electron chi connectivity index (χ0n) is 14.9. The monoisotopic (exact) mass is 374 g/mol. The molecular weight excluding hydrogens is 356 g/mol. The molecule has 2 aromatic heterocycles. The summed E-state index contributed by atoms with van der Waals surface area (Å²) in [6.45, 7) is 0. The van der Waals surface area contributed by atoms with Crippen molar-refractivity contribution < 1.29 is 23.8 Å². The van der Waals surface area contributed by atoms with E-state index in [0.29, 0.717) is 0 Å². The molecular formula is C23H18O5. The van der Waals surface area contributed by atoms with Crippen molar-refractivity contribution in [1.82, 2.24) is 0 Å². The van der Waals surface area contributed by atoms with Gasteiger partial charge >= 0.3 is 0 Å². The minimum Gasteiger partial charge on any atom is -0.465 e. The van der Waals surface area contributed by atoms with Gasteiger partial charge in [0.05, 0.1) is 12.5 Å². The second kappa shape index (κ2) is 6.96. The SMILES string of the molecule is O=C(C(O)(c1ccccc1)c1ccco1)C(O)(c1ccccc1)c1ccco1. The van der Waals surface area contributed by atoms with Crippen molar-refractivity contribution in [3.63, 3.8) is 0 Å². The molecule has 0 saturated carbocycles. The third kappa shape index (κ3) is 2.69. The van der Waals surface area contributed by atoms with Crippen molar-refractivity contribution in [3.8, 4) is 0 Å². The first kappa shape index (κ1) is 18.0. The van der Waals surface area contributed by atoms with Gasteiger partial charge in [0.15, 0.2) is 0 Å². The van der Waals surface area contributed by atoms with Gasteiger partial charge in [-0.05, 0) is 35.4 Å². The molecule has 2 atom stereocenters. The summed E-state index contributed by atoms with van der Waals surface area (Å²) in [5, 5.41) is 23.3. The maximum Gasteiger partial charge on any atom is 0.220 e. The number of rotatable bonds is 6. The van der Waals surface area contributed by atoms with Crippen LogP contribution in [0.4, 0.5) is 0 Å². The minimum atomic E-state index is -2.23. The Morgan fingerprint density at radius 2 is 1.00 bits per heavy atom. The van der Waals surface area contributed by atoms with E-state index in [1.54, 1.807) is 72.8 Å². The van der Waals surface area contributed by atoms with Crippen molar-refractivity contribution >= 4 is 5.78 Å². The molecule has 140 valence electrons. The summed E-state index contributed by atoms with van der Waals surface area (Å²) >= 11 is 0. The largest absolute Gasteiger partial charge is 0.465 e. The Bertz CT molecular complexity index is 953. The molecule has 0 fully saturated rings. The predicted molar refractivity (Wildman–Crippen MR) is 101 cm³/mol. The summed E-state index contributed by atoms with van der Waals surface area (Å²) < 4.78 is 10.8. The van der Waals surface area contributed by atoms with E-state index in [0.717, 1.165) is 0 Å². The zero-order valence-corrected chi connectivity index (χ0v) is 14.9. The lowest BCUT2D eigenvalue weighted by atomic mass is 9.75. The molecule has 2 heterocycles. The van der Waals surface area contributed by atoms with Crippen LogP contribution in [0.3, 0.4) is 0 Å². The number of carbonyl (C=O) groups excluding carboxylic acids is 1. The van der Waals surface area contributed by atoms with Gasteiger partial charge in [0.2, 0.25) is 17.0 Å². The quantitative estimate of drug-likeness (QED) is 0.539. The molecule has 2 aromatic carbocycles. The lowest BCUT2D eigenvalue weighted by Gasteiger charge is -2.34. The summed E-state index contributed by atoms with van der Waals surface area (Å²) in [5.74, 6) is -0.892. The van der Waals surface area contributed by atoms with Crippen LogP contribution in [0.5, 0.6) is 0 Å². The summed E-state index contributed by atoms with van der Waals surface area (Å²) in [6.07, 6.45) is 2.73. The van der Waals surface area contributed by atoms with Gasteiger partial charge in [0, 0.05) is 0 Å². The molecule has 2 unspecified atom stereocenters. The summed E-state index contributed by atoms with van der Waals surface area (Å²) in [6, 6.07) is 22.9. The van der Waals surface area contributed by atoms with Crippen LogP contribution in [0, 0.1) is 0 Å². The van der Waals surface area contributed by atoms with Crippen LogP contribution in [0.1, 0.15) is 22.6 Å². The number of hydrogen-bond donors (Lipinski definition) is 2. The fourth-order valence-corrected chi connectivity index (χ4v) is 3.36. The standard InChI is InChI=1S/C23H18O5/c24-21(22(25,19-13-7-15-27-19)17-9-3-1-4-10-17)23(26,20-14-8-16-28-20)18-11-5-2-6-12-18/h1-16,25-26H. The maximum atomic E-state index is 13.9. The van der Waals surface area contributed by atoms with Gasteiger partial charge in [-0.3, -0.25) is 4.79 Å². The molecule has 0 radical (unpaired) electrons. The normalized spacial score (nSPS) is 15.5. The van der Waals surface area contributed by atoms with Gasteiger partial charge < -0.3 is 19.0 Å². The van der Waals surface area contributed by atoms with Crippen LogP contribution in [0.2, 0.25) is 0 Å². The Morgan fingerprint density at radius 1 is 0.607 bits per heavy atom. The molecule has 0 bridgehead atoms. The maximum absolute atomic E-state index is 13.9. The molecule has 0 amide bonds.